The summed E-state index contributed by atoms with van der Waals surface area (Å²) in [6.07, 6.45) is 0. The first-order chi connectivity index (χ1) is 9.63. The quantitative estimate of drug-likeness (QED) is 0.389. The molecular weight excluding hydrogens is 327 g/mol. The molecule has 2 aromatic rings. The largest absolute Gasteiger partial charge is 0.488 e. The molecule has 2 aromatic carbocycles. The molecule has 0 aliphatic carbocycles. The topological polar surface area (TPSA) is 67.8 Å². The van der Waals surface area contributed by atoms with Gasteiger partial charge < -0.3 is 15.7 Å². The second-order valence-corrected chi connectivity index (χ2v) is 4.84. The number of halogens is 2. The predicted molar refractivity (Wildman–Crippen MR) is 77.4 cm³/mol. The standard InChI is InChI=1S/C14H12BrFN2O2/c15-11-6-1-2-7-12(11)20-8-9-4-3-5-10(13(9)16)14(17)18-19/h1-7,19H,8H2,(H2,17,18). The van der Waals surface area contributed by atoms with Crippen molar-refractivity contribution in [2.45, 2.75) is 6.61 Å². The molecule has 0 aromatic heterocycles. The van der Waals surface area contributed by atoms with Gasteiger partial charge in [0.25, 0.3) is 0 Å². The molecule has 104 valence electrons. The van der Waals surface area contributed by atoms with Gasteiger partial charge in [0.15, 0.2) is 5.84 Å². The number of nitrogens with two attached hydrogens (primary N) is 1. The van der Waals surface area contributed by atoms with E-state index in [0.717, 1.165) is 4.47 Å². The van der Waals surface area contributed by atoms with E-state index in [1.54, 1.807) is 18.2 Å². The van der Waals surface area contributed by atoms with Crippen LogP contribution in [-0.2, 0) is 6.61 Å². The lowest BCUT2D eigenvalue weighted by atomic mass is 10.1. The van der Waals surface area contributed by atoms with Gasteiger partial charge in [0.1, 0.15) is 18.2 Å². The lowest BCUT2D eigenvalue weighted by Crippen LogP contribution is -2.16. The van der Waals surface area contributed by atoms with Crippen LogP contribution in [-0.4, -0.2) is 11.0 Å². The summed E-state index contributed by atoms with van der Waals surface area (Å²) in [5.41, 5.74) is 5.77. The Morgan fingerprint density at radius 3 is 2.70 bits per heavy atom. The summed E-state index contributed by atoms with van der Waals surface area (Å²) in [4.78, 5) is 0. The van der Waals surface area contributed by atoms with Crippen molar-refractivity contribution in [2.75, 3.05) is 0 Å². The van der Waals surface area contributed by atoms with E-state index in [2.05, 4.69) is 21.1 Å². The minimum absolute atomic E-state index is 0.0423. The second-order valence-electron chi connectivity index (χ2n) is 3.98. The van der Waals surface area contributed by atoms with Crippen LogP contribution in [0, 0.1) is 5.82 Å². The summed E-state index contributed by atoms with van der Waals surface area (Å²) >= 11 is 3.35. The highest BCUT2D eigenvalue weighted by Crippen LogP contribution is 2.25. The number of hydrogen-bond donors (Lipinski definition) is 2. The predicted octanol–water partition coefficient (Wildman–Crippen LogP) is 3.26. The molecule has 0 bridgehead atoms. The molecule has 0 saturated heterocycles. The lowest BCUT2D eigenvalue weighted by Gasteiger charge is -2.10. The first-order valence-corrected chi connectivity index (χ1v) is 6.55. The molecule has 3 N–H and O–H groups in total. The van der Waals surface area contributed by atoms with Crippen LogP contribution >= 0.6 is 15.9 Å². The fourth-order valence-corrected chi connectivity index (χ4v) is 2.06. The third-order valence-corrected chi connectivity index (χ3v) is 3.34. The normalized spacial score (nSPS) is 11.4. The average molecular weight is 339 g/mol. The Morgan fingerprint density at radius 1 is 1.25 bits per heavy atom. The van der Waals surface area contributed by atoms with Crippen molar-refractivity contribution in [1.82, 2.24) is 0 Å². The Morgan fingerprint density at radius 2 is 2.00 bits per heavy atom. The van der Waals surface area contributed by atoms with Gasteiger partial charge in [-0.25, -0.2) is 4.39 Å². The zero-order chi connectivity index (χ0) is 14.5. The molecule has 0 saturated carbocycles. The maximum Gasteiger partial charge on any atom is 0.173 e. The Hall–Kier alpha value is -2.08. The van der Waals surface area contributed by atoms with Gasteiger partial charge in [-0.15, -0.1) is 0 Å². The Balaban J connectivity index is 2.21. The molecule has 20 heavy (non-hydrogen) atoms. The van der Waals surface area contributed by atoms with Gasteiger partial charge in [0.05, 0.1) is 10.0 Å². The van der Waals surface area contributed by atoms with Crippen molar-refractivity contribution in [3.05, 3.63) is 63.9 Å². The summed E-state index contributed by atoms with van der Waals surface area (Å²) in [6.45, 7) is 0.0427. The van der Waals surface area contributed by atoms with Gasteiger partial charge in [-0.3, -0.25) is 0 Å². The number of oxime groups is 1. The van der Waals surface area contributed by atoms with Crippen LogP contribution in [0.5, 0.6) is 5.75 Å². The van der Waals surface area contributed by atoms with Crippen molar-refractivity contribution in [3.63, 3.8) is 0 Å². The van der Waals surface area contributed by atoms with Gasteiger partial charge in [-0.1, -0.05) is 29.4 Å². The van der Waals surface area contributed by atoms with Crippen molar-refractivity contribution >= 4 is 21.8 Å². The molecule has 0 spiro atoms. The molecule has 0 radical (unpaired) electrons. The van der Waals surface area contributed by atoms with E-state index in [1.165, 1.54) is 6.07 Å². The molecule has 2 rings (SSSR count). The van der Waals surface area contributed by atoms with Crippen molar-refractivity contribution in [3.8, 4) is 5.75 Å². The zero-order valence-corrected chi connectivity index (χ0v) is 12.0. The van der Waals surface area contributed by atoms with Crippen LogP contribution < -0.4 is 10.5 Å². The highest BCUT2D eigenvalue weighted by Gasteiger charge is 2.12. The van der Waals surface area contributed by atoms with E-state index in [-0.39, 0.29) is 18.0 Å². The second kappa shape index (κ2) is 6.38. The van der Waals surface area contributed by atoms with Gasteiger partial charge >= 0.3 is 0 Å². The van der Waals surface area contributed by atoms with Crippen LogP contribution in [0.15, 0.2) is 52.1 Å². The van der Waals surface area contributed by atoms with Crippen LogP contribution in [0.4, 0.5) is 4.39 Å². The van der Waals surface area contributed by atoms with E-state index < -0.39 is 5.82 Å². The lowest BCUT2D eigenvalue weighted by molar-refractivity contribution is 0.297. The van der Waals surface area contributed by atoms with E-state index in [9.17, 15) is 4.39 Å². The molecule has 0 fully saturated rings. The minimum atomic E-state index is -0.560. The number of para-hydroxylation sites is 1. The Kier molecular flexibility index (Phi) is 4.57. The SMILES string of the molecule is N/C(=N/O)c1cccc(COc2ccccc2Br)c1F. The third kappa shape index (κ3) is 3.08. The molecule has 0 unspecified atom stereocenters. The first-order valence-electron chi connectivity index (χ1n) is 5.76. The summed E-state index contributed by atoms with van der Waals surface area (Å²) in [7, 11) is 0. The summed E-state index contributed by atoms with van der Waals surface area (Å²) in [6, 6.07) is 11.9. The summed E-state index contributed by atoms with van der Waals surface area (Å²) in [5.74, 6) is -0.221. The van der Waals surface area contributed by atoms with Crippen molar-refractivity contribution < 1.29 is 14.3 Å². The molecule has 0 atom stereocenters. The highest BCUT2D eigenvalue weighted by molar-refractivity contribution is 9.10. The zero-order valence-electron chi connectivity index (χ0n) is 10.4. The molecule has 0 heterocycles. The molecule has 4 nitrogen and oxygen atoms in total. The smallest absolute Gasteiger partial charge is 0.173 e. The monoisotopic (exact) mass is 338 g/mol. The van der Waals surface area contributed by atoms with Crippen LogP contribution in [0.25, 0.3) is 0 Å². The average Bonchev–Trinajstić information content (AvgIpc) is 2.47. The number of nitrogens with zero attached hydrogens (tertiary/aromatic N) is 1. The van der Waals surface area contributed by atoms with Gasteiger partial charge in [-0.05, 0) is 34.1 Å². The van der Waals surface area contributed by atoms with Gasteiger partial charge in [-0.2, -0.15) is 0 Å². The van der Waals surface area contributed by atoms with Crippen LogP contribution in [0.1, 0.15) is 11.1 Å². The number of ether oxygens (including phenoxy) is 1. The third-order valence-electron chi connectivity index (χ3n) is 2.68. The fourth-order valence-electron chi connectivity index (χ4n) is 1.66. The maximum atomic E-state index is 14.1. The molecule has 0 amide bonds. The number of rotatable bonds is 4. The van der Waals surface area contributed by atoms with Gasteiger partial charge in [0.2, 0.25) is 0 Å². The summed E-state index contributed by atoms with van der Waals surface area (Å²) in [5, 5.41) is 11.4. The molecular formula is C14H12BrFN2O2. The fraction of sp³-hybridized carbons (Fsp3) is 0.0714. The maximum absolute atomic E-state index is 14.1. The first kappa shape index (κ1) is 14.3. The Bertz CT molecular complexity index is 647. The highest BCUT2D eigenvalue weighted by atomic mass is 79.9. The molecule has 6 heteroatoms. The van der Waals surface area contributed by atoms with Gasteiger partial charge in [0, 0.05) is 5.56 Å². The molecule has 0 aliphatic heterocycles. The van der Waals surface area contributed by atoms with E-state index in [1.807, 2.05) is 18.2 Å². The number of amidine groups is 1. The van der Waals surface area contributed by atoms with Crippen molar-refractivity contribution in [2.24, 2.45) is 10.9 Å². The molecule has 0 aliphatic rings. The Labute approximate surface area is 123 Å². The van der Waals surface area contributed by atoms with Crippen molar-refractivity contribution in [1.29, 1.82) is 0 Å². The number of benzene rings is 2. The number of hydrogen-bond acceptors (Lipinski definition) is 3. The van der Waals surface area contributed by atoms with E-state index in [0.29, 0.717) is 11.3 Å². The van der Waals surface area contributed by atoms with E-state index >= 15 is 0 Å². The summed E-state index contributed by atoms with van der Waals surface area (Å²) < 4.78 is 20.5. The minimum Gasteiger partial charge on any atom is -0.488 e. The van der Waals surface area contributed by atoms with Crippen LogP contribution in [0.2, 0.25) is 0 Å². The van der Waals surface area contributed by atoms with E-state index in [4.69, 9.17) is 15.7 Å². The van der Waals surface area contributed by atoms with Crippen LogP contribution in [0.3, 0.4) is 0 Å².